The van der Waals surface area contributed by atoms with Crippen molar-refractivity contribution in [3.63, 3.8) is 0 Å². The highest BCUT2D eigenvalue weighted by molar-refractivity contribution is 5.73. The van der Waals surface area contributed by atoms with Crippen LogP contribution < -0.4 is 15.5 Å². The zero-order valence-electron chi connectivity index (χ0n) is 14.2. The topological polar surface area (TPSA) is 73.4 Å². The molecule has 128 valence electrons. The molecule has 2 heterocycles. The number of piperazine rings is 1. The Hall–Kier alpha value is -1.89. The van der Waals surface area contributed by atoms with E-state index in [1.54, 1.807) is 12.4 Å². The highest BCUT2D eigenvalue weighted by Crippen LogP contribution is 2.09. The first-order valence-electron chi connectivity index (χ1n) is 8.41. The summed E-state index contributed by atoms with van der Waals surface area (Å²) in [6, 6.07) is 1.77. The van der Waals surface area contributed by atoms with E-state index in [1.165, 1.54) is 0 Å². The van der Waals surface area contributed by atoms with Gasteiger partial charge in [-0.1, -0.05) is 13.8 Å². The quantitative estimate of drug-likeness (QED) is 0.732. The molecule has 0 atom stereocenters. The standard InChI is InChI=1S/C16H28N6O/c1-14(2)13-20-16(23)19-7-4-8-21-9-11-22(12-10-21)15-17-5-3-6-18-15/h3,5-6,14H,4,7-13H2,1-2H3,(H2,19,20,23). The van der Waals surface area contributed by atoms with E-state index in [0.717, 1.165) is 51.6 Å². The van der Waals surface area contributed by atoms with Crippen molar-refractivity contribution in [3.8, 4) is 0 Å². The fraction of sp³-hybridized carbons (Fsp3) is 0.688. The monoisotopic (exact) mass is 320 g/mol. The lowest BCUT2D eigenvalue weighted by Gasteiger charge is -2.34. The smallest absolute Gasteiger partial charge is 0.314 e. The molecule has 0 spiro atoms. The van der Waals surface area contributed by atoms with Gasteiger partial charge in [-0.2, -0.15) is 0 Å². The summed E-state index contributed by atoms with van der Waals surface area (Å²) in [5.41, 5.74) is 0. The Morgan fingerprint density at radius 2 is 1.87 bits per heavy atom. The van der Waals surface area contributed by atoms with Crippen molar-refractivity contribution in [1.29, 1.82) is 0 Å². The average molecular weight is 320 g/mol. The predicted molar refractivity (Wildman–Crippen MR) is 91.5 cm³/mol. The third-order valence-electron chi connectivity index (χ3n) is 3.81. The number of nitrogens with zero attached hydrogens (tertiary/aromatic N) is 4. The molecule has 7 heteroatoms. The van der Waals surface area contributed by atoms with Gasteiger partial charge in [0.1, 0.15) is 0 Å². The molecule has 0 aromatic carbocycles. The van der Waals surface area contributed by atoms with Gasteiger partial charge in [0.15, 0.2) is 0 Å². The second-order valence-electron chi connectivity index (χ2n) is 6.26. The maximum absolute atomic E-state index is 11.5. The lowest BCUT2D eigenvalue weighted by molar-refractivity contribution is 0.234. The normalized spacial score (nSPS) is 15.7. The van der Waals surface area contributed by atoms with E-state index in [1.807, 2.05) is 6.07 Å². The van der Waals surface area contributed by atoms with Crippen LogP contribution in [0.1, 0.15) is 20.3 Å². The minimum Gasteiger partial charge on any atom is -0.338 e. The van der Waals surface area contributed by atoms with Crippen LogP contribution in [-0.2, 0) is 0 Å². The van der Waals surface area contributed by atoms with Crippen LogP contribution in [-0.4, -0.2) is 66.7 Å². The summed E-state index contributed by atoms with van der Waals surface area (Å²) in [5.74, 6) is 1.29. The predicted octanol–water partition coefficient (Wildman–Crippen LogP) is 0.944. The first-order valence-corrected chi connectivity index (χ1v) is 8.41. The van der Waals surface area contributed by atoms with E-state index in [9.17, 15) is 4.79 Å². The van der Waals surface area contributed by atoms with E-state index in [0.29, 0.717) is 12.5 Å². The van der Waals surface area contributed by atoms with E-state index in [2.05, 4.69) is 44.2 Å². The summed E-state index contributed by atoms with van der Waals surface area (Å²) in [6.07, 6.45) is 4.53. The maximum Gasteiger partial charge on any atom is 0.314 e. The second-order valence-corrected chi connectivity index (χ2v) is 6.26. The molecule has 0 unspecified atom stereocenters. The van der Waals surface area contributed by atoms with Crippen LogP contribution in [0.2, 0.25) is 0 Å². The number of urea groups is 1. The van der Waals surface area contributed by atoms with Crippen molar-refractivity contribution in [2.24, 2.45) is 5.92 Å². The Labute approximate surface area is 138 Å². The van der Waals surface area contributed by atoms with Gasteiger partial charge in [0.25, 0.3) is 0 Å². The largest absolute Gasteiger partial charge is 0.338 e. The first-order chi connectivity index (χ1) is 11.1. The number of nitrogens with one attached hydrogen (secondary N) is 2. The molecule has 1 aliphatic heterocycles. The minimum absolute atomic E-state index is 0.0651. The second kappa shape index (κ2) is 9.29. The number of aromatic nitrogens is 2. The maximum atomic E-state index is 11.5. The molecule has 2 amide bonds. The van der Waals surface area contributed by atoms with E-state index < -0.39 is 0 Å². The van der Waals surface area contributed by atoms with Gasteiger partial charge in [0.05, 0.1) is 0 Å². The Morgan fingerprint density at radius 3 is 2.52 bits per heavy atom. The van der Waals surface area contributed by atoms with Crippen LogP contribution in [0, 0.1) is 5.92 Å². The highest BCUT2D eigenvalue weighted by atomic mass is 16.2. The average Bonchev–Trinajstić information content (AvgIpc) is 2.58. The Kier molecular flexibility index (Phi) is 7.06. The minimum atomic E-state index is -0.0651. The van der Waals surface area contributed by atoms with E-state index >= 15 is 0 Å². The summed E-state index contributed by atoms with van der Waals surface area (Å²) in [7, 11) is 0. The summed E-state index contributed by atoms with van der Waals surface area (Å²) in [6.45, 7) is 10.5. The molecule has 1 aliphatic rings. The molecule has 2 rings (SSSR count). The van der Waals surface area contributed by atoms with Gasteiger partial charge >= 0.3 is 6.03 Å². The van der Waals surface area contributed by atoms with Gasteiger partial charge in [-0.25, -0.2) is 14.8 Å². The van der Waals surface area contributed by atoms with Crippen molar-refractivity contribution >= 4 is 12.0 Å². The molecular weight excluding hydrogens is 292 g/mol. The lowest BCUT2D eigenvalue weighted by atomic mass is 10.2. The first kappa shape index (κ1) is 17.5. The van der Waals surface area contributed by atoms with Crippen molar-refractivity contribution in [2.45, 2.75) is 20.3 Å². The number of carbonyl (C=O) groups excluding carboxylic acids is 1. The molecule has 1 saturated heterocycles. The molecule has 1 fully saturated rings. The summed E-state index contributed by atoms with van der Waals surface area (Å²) < 4.78 is 0. The van der Waals surface area contributed by atoms with Crippen LogP contribution in [0.4, 0.5) is 10.7 Å². The van der Waals surface area contributed by atoms with Crippen molar-refractivity contribution < 1.29 is 4.79 Å². The molecule has 23 heavy (non-hydrogen) atoms. The van der Waals surface area contributed by atoms with Crippen LogP contribution in [0.15, 0.2) is 18.5 Å². The van der Waals surface area contributed by atoms with Crippen LogP contribution in [0.5, 0.6) is 0 Å². The number of hydrogen-bond donors (Lipinski definition) is 2. The van der Waals surface area contributed by atoms with Crippen LogP contribution >= 0.6 is 0 Å². The highest BCUT2D eigenvalue weighted by Gasteiger charge is 2.18. The number of hydrogen-bond acceptors (Lipinski definition) is 5. The van der Waals surface area contributed by atoms with Gasteiger partial charge in [-0.15, -0.1) is 0 Å². The zero-order chi connectivity index (χ0) is 16.5. The fourth-order valence-electron chi connectivity index (χ4n) is 2.49. The summed E-state index contributed by atoms with van der Waals surface area (Å²) in [4.78, 5) is 24.8. The SMILES string of the molecule is CC(C)CNC(=O)NCCCN1CCN(c2ncccn2)CC1. The molecule has 1 aromatic heterocycles. The van der Waals surface area contributed by atoms with Gasteiger partial charge < -0.3 is 15.5 Å². The fourth-order valence-corrected chi connectivity index (χ4v) is 2.49. The Balaban J connectivity index is 1.56. The number of amides is 2. The molecule has 0 radical (unpaired) electrons. The van der Waals surface area contributed by atoms with Gasteiger partial charge in [0, 0.05) is 51.7 Å². The lowest BCUT2D eigenvalue weighted by Crippen LogP contribution is -2.47. The van der Waals surface area contributed by atoms with Crippen molar-refractivity contribution in [3.05, 3.63) is 18.5 Å². The van der Waals surface area contributed by atoms with Gasteiger partial charge in [0.2, 0.25) is 5.95 Å². The molecule has 0 bridgehead atoms. The molecule has 1 aromatic rings. The van der Waals surface area contributed by atoms with Crippen molar-refractivity contribution in [2.75, 3.05) is 50.7 Å². The third kappa shape index (κ3) is 6.40. The zero-order valence-corrected chi connectivity index (χ0v) is 14.2. The molecule has 7 nitrogen and oxygen atoms in total. The molecule has 0 saturated carbocycles. The Morgan fingerprint density at radius 1 is 1.17 bits per heavy atom. The summed E-state index contributed by atoms with van der Waals surface area (Å²) >= 11 is 0. The van der Waals surface area contributed by atoms with E-state index in [4.69, 9.17) is 0 Å². The van der Waals surface area contributed by atoms with E-state index in [-0.39, 0.29) is 6.03 Å². The Bertz CT molecular complexity index is 459. The summed E-state index contributed by atoms with van der Waals surface area (Å²) in [5, 5.41) is 5.77. The number of anilines is 1. The number of carbonyl (C=O) groups is 1. The third-order valence-corrected chi connectivity index (χ3v) is 3.81. The van der Waals surface area contributed by atoms with Gasteiger partial charge in [-0.3, -0.25) is 4.90 Å². The molecular formula is C16H28N6O. The van der Waals surface area contributed by atoms with Crippen LogP contribution in [0.3, 0.4) is 0 Å². The molecule has 2 N–H and O–H groups in total. The van der Waals surface area contributed by atoms with Gasteiger partial charge in [-0.05, 0) is 24.9 Å². The van der Waals surface area contributed by atoms with Crippen LogP contribution in [0.25, 0.3) is 0 Å². The number of rotatable bonds is 7. The van der Waals surface area contributed by atoms with Crippen molar-refractivity contribution in [1.82, 2.24) is 25.5 Å². The molecule has 0 aliphatic carbocycles.